The van der Waals surface area contributed by atoms with Gasteiger partial charge in [-0.05, 0) is 20.3 Å². The maximum Gasteiger partial charge on any atom is 0.270 e. The van der Waals surface area contributed by atoms with Crippen LogP contribution in [0.3, 0.4) is 0 Å². The first kappa shape index (κ1) is 12.9. The van der Waals surface area contributed by atoms with Crippen LogP contribution in [0.2, 0.25) is 0 Å². The molecule has 0 fully saturated rings. The number of thiazole rings is 1. The molecule has 5 heteroatoms. The number of aromatic nitrogens is 1. The van der Waals surface area contributed by atoms with E-state index in [1.54, 1.807) is 11.5 Å². The van der Waals surface area contributed by atoms with Crippen LogP contribution >= 0.6 is 11.3 Å². The first-order valence-corrected chi connectivity index (χ1v) is 6.05. The van der Waals surface area contributed by atoms with E-state index in [2.05, 4.69) is 16.9 Å². The zero-order chi connectivity index (χ0) is 12.1. The summed E-state index contributed by atoms with van der Waals surface area (Å²) in [5.74, 6) is -0.155. The van der Waals surface area contributed by atoms with E-state index in [9.17, 15) is 4.79 Å². The molecule has 0 radical (unpaired) electrons. The lowest BCUT2D eigenvalue weighted by atomic mass is 10.2. The first-order chi connectivity index (χ1) is 7.54. The molecule has 0 saturated carbocycles. The summed E-state index contributed by atoms with van der Waals surface area (Å²) in [5.41, 5.74) is 6.12. The first-order valence-electron chi connectivity index (χ1n) is 5.17. The maximum absolute atomic E-state index is 11.7. The lowest BCUT2D eigenvalue weighted by molar-refractivity contribution is 0.0936. The Morgan fingerprint density at radius 2 is 2.44 bits per heavy atom. The van der Waals surface area contributed by atoms with Crippen molar-refractivity contribution in [3.05, 3.63) is 28.7 Å². The summed E-state index contributed by atoms with van der Waals surface area (Å²) in [6.45, 7) is 7.40. The van der Waals surface area contributed by atoms with Crippen molar-refractivity contribution >= 4 is 17.2 Å². The van der Waals surface area contributed by atoms with Gasteiger partial charge in [0.1, 0.15) is 10.7 Å². The van der Waals surface area contributed by atoms with E-state index < -0.39 is 0 Å². The van der Waals surface area contributed by atoms with Crippen molar-refractivity contribution in [1.82, 2.24) is 10.3 Å². The molecule has 2 unspecified atom stereocenters. The van der Waals surface area contributed by atoms with Crippen molar-refractivity contribution in [3.63, 3.8) is 0 Å². The van der Waals surface area contributed by atoms with E-state index in [0.29, 0.717) is 5.69 Å². The minimum atomic E-state index is -0.155. The highest BCUT2D eigenvalue weighted by molar-refractivity contribution is 7.09. The molecule has 88 valence electrons. The Labute approximate surface area is 99.6 Å². The zero-order valence-electron chi connectivity index (χ0n) is 9.56. The van der Waals surface area contributed by atoms with Crippen LogP contribution in [0.5, 0.6) is 0 Å². The molecule has 1 amide bonds. The minimum Gasteiger partial charge on any atom is -0.348 e. The predicted octanol–water partition coefficient (Wildman–Crippen LogP) is 1.86. The van der Waals surface area contributed by atoms with Gasteiger partial charge in [0.25, 0.3) is 5.91 Å². The van der Waals surface area contributed by atoms with Gasteiger partial charge in [0.05, 0.1) is 6.04 Å². The summed E-state index contributed by atoms with van der Waals surface area (Å²) in [4.78, 5) is 15.9. The SMILES string of the molecule is C=CCC(C)NC(=O)c1csc(C(C)N)n1. The van der Waals surface area contributed by atoms with Gasteiger partial charge in [-0.2, -0.15) is 0 Å². The summed E-state index contributed by atoms with van der Waals surface area (Å²) in [5, 5.41) is 5.35. The molecule has 4 nitrogen and oxygen atoms in total. The largest absolute Gasteiger partial charge is 0.348 e. The summed E-state index contributed by atoms with van der Waals surface area (Å²) in [6, 6.07) is -0.0531. The van der Waals surface area contributed by atoms with Crippen LogP contribution in [-0.4, -0.2) is 16.9 Å². The second-order valence-electron chi connectivity index (χ2n) is 3.76. The summed E-state index contributed by atoms with van der Waals surface area (Å²) < 4.78 is 0. The molecule has 0 aromatic carbocycles. The van der Waals surface area contributed by atoms with Crippen molar-refractivity contribution < 1.29 is 4.79 Å². The number of hydrogen-bond acceptors (Lipinski definition) is 4. The highest BCUT2D eigenvalue weighted by atomic mass is 32.1. The zero-order valence-corrected chi connectivity index (χ0v) is 10.4. The fraction of sp³-hybridized carbons (Fsp3) is 0.455. The second-order valence-corrected chi connectivity index (χ2v) is 4.65. The normalized spacial score (nSPS) is 14.2. The third-order valence-electron chi connectivity index (χ3n) is 2.04. The van der Waals surface area contributed by atoms with Gasteiger partial charge in [0, 0.05) is 11.4 Å². The lowest BCUT2D eigenvalue weighted by Gasteiger charge is -2.09. The van der Waals surface area contributed by atoms with Crippen molar-refractivity contribution in [2.45, 2.75) is 32.4 Å². The molecule has 1 aromatic heterocycles. The monoisotopic (exact) mass is 239 g/mol. The molecule has 1 heterocycles. The molecular formula is C11H17N3OS. The quantitative estimate of drug-likeness (QED) is 0.771. The van der Waals surface area contributed by atoms with Crippen molar-refractivity contribution in [2.24, 2.45) is 5.73 Å². The Balaban J connectivity index is 2.62. The van der Waals surface area contributed by atoms with Crippen LogP contribution in [0.4, 0.5) is 0 Å². The molecule has 0 saturated heterocycles. The third kappa shape index (κ3) is 3.43. The van der Waals surface area contributed by atoms with Crippen molar-refractivity contribution in [3.8, 4) is 0 Å². The number of carbonyl (C=O) groups excluding carboxylic acids is 1. The second kappa shape index (κ2) is 5.77. The smallest absolute Gasteiger partial charge is 0.270 e. The standard InChI is InChI=1S/C11H17N3OS/c1-4-5-7(2)13-10(15)9-6-16-11(14-9)8(3)12/h4,6-8H,1,5,12H2,2-3H3,(H,13,15). The van der Waals surface area contributed by atoms with Crippen LogP contribution in [-0.2, 0) is 0 Å². The fourth-order valence-electron chi connectivity index (χ4n) is 1.21. The highest BCUT2D eigenvalue weighted by Gasteiger charge is 2.13. The Morgan fingerprint density at radius 1 is 1.75 bits per heavy atom. The fourth-order valence-corrected chi connectivity index (χ4v) is 1.97. The molecular weight excluding hydrogens is 222 g/mol. The average molecular weight is 239 g/mol. The molecule has 0 bridgehead atoms. The number of nitrogens with zero attached hydrogens (tertiary/aromatic N) is 1. The summed E-state index contributed by atoms with van der Waals surface area (Å²) in [7, 11) is 0. The van der Waals surface area contributed by atoms with Gasteiger partial charge >= 0.3 is 0 Å². The number of rotatable bonds is 5. The molecule has 2 atom stereocenters. The van der Waals surface area contributed by atoms with Crippen LogP contribution in [0.15, 0.2) is 18.0 Å². The van der Waals surface area contributed by atoms with Gasteiger partial charge in [-0.25, -0.2) is 4.98 Å². The Kier molecular flexibility index (Phi) is 4.64. The molecule has 3 N–H and O–H groups in total. The van der Waals surface area contributed by atoms with E-state index >= 15 is 0 Å². The van der Waals surface area contributed by atoms with Gasteiger partial charge in [-0.15, -0.1) is 17.9 Å². The van der Waals surface area contributed by atoms with Crippen molar-refractivity contribution in [2.75, 3.05) is 0 Å². The minimum absolute atomic E-state index is 0.0745. The number of amides is 1. The van der Waals surface area contributed by atoms with E-state index in [0.717, 1.165) is 11.4 Å². The van der Waals surface area contributed by atoms with Gasteiger partial charge in [-0.3, -0.25) is 4.79 Å². The molecule has 0 spiro atoms. The van der Waals surface area contributed by atoms with Crippen LogP contribution in [0.25, 0.3) is 0 Å². The number of nitrogens with one attached hydrogen (secondary N) is 1. The molecule has 1 aromatic rings. The van der Waals surface area contributed by atoms with E-state index in [1.165, 1.54) is 11.3 Å². The predicted molar refractivity (Wildman–Crippen MR) is 66.5 cm³/mol. The highest BCUT2D eigenvalue weighted by Crippen LogP contribution is 2.15. The maximum atomic E-state index is 11.7. The van der Waals surface area contributed by atoms with E-state index in [4.69, 9.17) is 5.73 Å². The number of hydrogen-bond donors (Lipinski definition) is 2. The van der Waals surface area contributed by atoms with E-state index in [1.807, 2.05) is 13.8 Å². The Morgan fingerprint density at radius 3 is 2.94 bits per heavy atom. The molecule has 16 heavy (non-hydrogen) atoms. The number of carbonyl (C=O) groups is 1. The molecule has 0 aliphatic carbocycles. The topological polar surface area (TPSA) is 68.0 Å². The van der Waals surface area contributed by atoms with E-state index in [-0.39, 0.29) is 18.0 Å². The third-order valence-corrected chi connectivity index (χ3v) is 3.09. The van der Waals surface area contributed by atoms with Gasteiger partial charge < -0.3 is 11.1 Å². The Bertz CT molecular complexity index is 373. The summed E-state index contributed by atoms with van der Waals surface area (Å²) in [6.07, 6.45) is 2.52. The average Bonchev–Trinajstić information content (AvgIpc) is 2.66. The summed E-state index contributed by atoms with van der Waals surface area (Å²) >= 11 is 1.41. The van der Waals surface area contributed by atoms with Crippen LogP contribution < -0.4 is 11.1 Å². The molecule has 0 aliphatic heterocycles. The Hall–Kier alpha value is -1.20. The van der Waals surface area contributed by atoms with Gasteiger partial charge in [-0.1, -0.05) is 6.08 Å². The number of nitrogens with two attached hydrogens (primary N) is 1. The van der Waals surface area contributed by atoms with Gasteiger partial charge in [0.2, 0.25) is 0 Å². The van der Waals surface area contributed by atoms with Gasteiger partial charge in [0.15, 0.2) is 0 Å². The van der Waals surface area contributed by atoms with Crippen molar-refractivity contribution in [1.29, 1.82) is 0 Å². The molecule has 0 aliphatic rings. The van der Waals surface area contributed by atoms with Crippen LogP contribution in [0.1, 0.15) is 41.8 Å². The molecule has 1 rings (SSSR count). The lowest BCUT2D eigenvalue weighted by Crippen LogP contribution is -2.32. The van der Waals surface area contributed by atoms with Crippen LogP contribution in [0, 0.1) is 0 Å².